The third kappa shape index (κ3) is 11.0. The number of carbonyl (C=O) groups is 5. The van der Waals surface area contributed by atoms with E-state index in [0.29, 0.717) is 12.1 Å². The van der Waals surface area contributed by atoms with E-state index >= 15 is 0 Å². The van der Waals surface area contributed by atoms with E-state index in [2.05, 4.69) is 25.9 Å². The summed E-state index contributed by atoms with van der Waals surface area (Å²) in [4.78, 5) is 67.9. The number of nitrogens with one attached hydrogen (secondary N) is 4. The van der Waals surface area contributed by atoms with Crippen molar-refractivity contribution in [2.45, 2.75) is 77.5 Å². The van der Waals surface area contributed by atoms with E-state index in [-0.39, 0.29) is 24.7 Å². The molecule has 1 aromatic rings. The summed E-state index contributed by atoms with van der Waals surface area (Å²) in [5, 5.41) is 25.8. The van der Waals surface area contributed by atoms with Crippen molar-refractivity contribution in [1.82, 2.24) is 25.9 Å². The van der Waals surface area contributed by atoms with Crippen LogP contribution >= 0.6 is 0 Å². The second-order valence-electron chi connectivity index (χ2n) is 9.27. The first-order valence-electron chi connectivity index (χ1n) is 11.4. The van der Waals surface area contributed by atoms with E-state index in [1.165, 1.54) is 12.5 Å². The molecular formula is C22H36N6O7. The summed E-state index contributed by atoms with van der Waals surface area (Å²) in [6.45, 7) is 7.32. The number of rotatable bonds is 15. The summed E-state index contributed by atoms with van der Waals surface area (Å²) >= 11 is 0. The number of nitrogens with two attached hydrogens (primary N) is 1. The van der Waals surface area contributed by atoms with Crippen molar-refractivity contribution < 1.29 is 34.2 Å². The SMILES string of the molecule is CC(C)CC(N)C(=O)NC(Cc1cnc[nH]1)C(=O)NC(CC(=O)O)C(=O)NC(CC(C)C)C(=O)O. The number of carboxylic acid groups (broad SMARTS) is 2. The first-order chi connectivity index (χ1) is 16.3. The molecule has 1 heterocycles. The van der Waals surface area contributed by atoms with Crippen LogP contribution in [0.25, 0.3) is 0 Å². The van der Waals surface area contributed by atoms with Gasteiger partial charge in [-0.05, 0) is 24.7 Å². The van der Waals surface area contributed by atoms with Gasteiger partial charge in [-0.25, -0.2) is 9.78 Å². The zero-order chi connectivity index (χ0) is 26.7. The van der Waals surface area contributed by atoms with Gasteiger partial charge in [-0.15, -0.1) is 0 Å². The van der Waals surface area contributed by atoms with Gasteiger partial charge in [0.05, 0.1) is 18.8 Å². The number of nitrogens with zero attached hydrogens (tertiary/aromatic N) is 1. The lowest BCUT2D eigenvalue weighted by Gasteiger charge is -2.25. The average Bonchev–Trinajstić information content (AvgIpc) is 3.24. The van der Waals surface area contributed by atoms with Crippen LogP contribution in [0.3, 0.4) is 0 Å². The third-order valence-electron chi connectivity index (χ3n) is 5.01. The van der Waals surface area contributed by atoms with Crippen LogP contribution in [0.5, 0.6) is 0 Å². The maximum Gasteiger partial charge on any atom is 0.326 e. The Morgan fingerprint density at radius 2 is 1.43 bits per heavy atom. The monoisotopic (exact) mass is 496 g/mol. The van der Waals surface area contributed by atoms with Crippen molar-refractivity contribution in [3.8, 4) is 0 Å². The minimum Gasteiger partial charge on any atom is -0.481 e. The maximum absolute atomic E-state index is 13.1. The van der Waals surface area contributed by atoms with E-state index in [1.807, 2.05) is 13.8 Å². The highest BCUT2D eigenvalue weighted by Crippen LogP contribution is 2.08. The van der Waals surface area contributed by atoms with Crippen molar-refractivity contribution in [3.63, 3.8) is 0 Å². The predicted molar refractivity (Wildman–Crippen MR) is 125 cm³/mol. The van der Waals surface area contributed by atoms with Gasteiger partial charge in [-0.2, -0.15) is 0 Å². The molecule has 196 valence electrons. The highest BCUT2D eigenvalue weighted by Gasteiger charge is 2.32. The quantitative estimate of drug-likeness (QED) is 0.164. The zero-order valence-electron chi connectivity index (χ0n) is 20.4. The second-order valence-corrected chi connectivity index (χ2v) is 9.27. The van der Waals surface area contributed by atoms with Crippen LogP contribution in [-0.2, 0) is 30.4 Å². The molecule has 0 aliphatic heterocycles. The second kappa shape index (κ2) is 14.0. The lowest BCUT2D eigenvalue weighted by molar-refractivity contribution is -0.144. The fraction of sp³-hybridized carbons (Fsp3) is 0.636. The Hall–Kier alpha value is -3.48. The standard InChI is InChI=1S/C22H36N6O7/c1-11(2)5-14(23)19(31)26-15(7-13-9-24-10-25-13)20(32)27-16(8-18(29)30)21(33)28-17(22(34)35)6-12(3)4/h9-12,14-17H,5-8,23H2,1-4H3,(H,24,25)(H,26,31)(H,27,32)(H,28,33)(H,29,30)(H,34,35). The van der Waals surface area contributed by atoms with Crippen LogP contribution < -0.4 is 21.7 Å². The molecule has 4 unspecified atom stereocenters. The molecule has 1 rings (SSSR count). The van der Waals surface area contributed by atoms with E-state index < -0.39 is 60.2 Å². The largest absolute Gasteiger partial charge is 0.481 e. The zero-order valence-corrected chi connectivity index (χ0v) is 20.4. The molecule has 35 heavy (non-hydrogen) atoms. The number of aromatic amines is 1. The van der Waals surface area contributed by atoms with Crippen molar-refractivity contribution in [2.24, 2.45) is 17.6 Å². The molecule has 0 radical (unpaired) electrons. The van der Waals surface area contributed by atoms with Crippen LogP contribution in [0.1, 0.15) is 52.7 Å². The summed E-state index contributed by atoms with van der Waals surface area (Å²) in [5.74, 6) is -4.97. The van der Waals surface area contributed by atoms with Crippen LogP contribution in [0.15, 0.2) is 12.5 Å². The summed E-state index contributed by atoms with van der Waals surface area (Å²) in [5.41, 5.74) is 6.42. The van der Waals surface area contributed by atoms with Crippen LogP contribution in [0.4, 0.5) is 0 Å². The number of H-pyrrole nitrogens is 1. The lowest BCUT2D eigenvalue weighted by Crippen LogP contribution is -2.58. The molecule has 0 saturated heterocycles. The molecule has 0 aliphatic rings. The van der Waals surface area contributed by atoms with Gasteiger partial charge >= 0.3 is 11.9 Å². The number of carbonyl (C=O) groups excluding carboxylic acids is 3. The first kappa shape index (κ1) is 29.6. The van der Waals surface area contributed by atoms with Gasteiger partial charge in [0.1, 0.15) is 18.1 Å². The number of aromatic nitrogens is 2. The van der Waals surface area contributed by atoms with Gasteiger partial charge in [-0.3, -0.25) is 19.2 Å². The van der Waals surface area contributed by atoms with E-state index in [0.717, 1.165) is 0 Å². The minimum absolute atomic E-state index is 0.0293. The molecule has 0 bridgehead atoms. The van der Waals surface area contributed by atoms with Crippen molar-refractivity contribution in [3.05, 3.63) is 18.2 Å². The minimum atomic E-state index is -1.57. The molecule has 0 aromatic carbocycles. The third-order valence-corrected chi connectivity index (χ3v) is 5.01. The summed E-state index contributed by atoms with van der Waals surface area (Å²) in [6, 6.07) is -4.90. The molecule has 0 aliphatic carbocycles. The Labute approximate surface area is 203 Å². The fourth-order valence-electron chi connectivity index (χ4n) is 3.34. The van der Waals surface area contributed by atoms with E-state index in [4.69, 9.17) is 5.73 Å². The van der Waals surface area contributed by atoms with Crippen LogP contribution in [-0.4, -0.2) is 74.0 Å². The van der Waals surface area contributed by atoms with Gasteiger partial charge in [0, 0.05) is 18.3 Å². The lowest BCUT2D eigenvalue weighted by atomic mass is 10.0. The molecule has 3 amide bonds. The van der Waals surface area contributed by atoms with Crippen molar-refractivity contribution >= 4 is 29.7 Å². The van der Waals surface area contributed by atoms with Gasteiger partial charge in [0.15, 0.2) is 0 Å². The first-order valence-corrected chi connectivity index (χ1v) is 11.4. The average molecular weight is 497 g/mol. The Bertz CT molecular complexity index is 872. The maximum atomic E-state index is 13.1. The number of amides is 3. The van der Waals surface area contributed by atoms with Crippen LogP contribution in [0.2, 0.25) is 0 Å². The molecule has 8 N–H and O–H groups in total. The molecule has 0 spiro atoms. The Morgan fingerprint density at radius 1 is 0.886 bits per heavy atom. The van der Waals surface area contributed by atoms with Gasteiger partial charge in [0.2, 0.25) is 17.7 Å². The highest BCUT2D eigenvalue weighted by molar-refractivity contribution is 5.95. The van der Waals surface area contributed by atoms with Gasteiger partial charge < -0.3 is 36.9 Å². The number of carboxylic acids is 2. The summed E-state index contributed by atoms with van der Waals surface area (Å²) in [6.07, 6.45) is 2.51. The summed E-state index contributed by atoms with van der Waals surface area (Å²) in [7, 11) is 0. The molecule has 13 nitrogen and oxygen atoms in total. The molecule has 13 heteroatoms. The summed E-state index contributed by atoms with van der Waals surface area (Å²) < 4.78 is 0. The Kier molecular flexibility index (Phi) is 11.9. The van der Waals surface area contributed by atoms with Crippen molar-refractivity contribution in [2.75, 3.05) is 0 Å². The van der Waals surface area contributed by atoms with Gasteiger partial charge in [-0.1, -0.05) is 27.7 Å². The van der Waals surface area contributed by atoms with Crippen molar-refractivity contribution in [1.29, 1.82) is 0 Å². The number of hydrogen-bond acceptors (Lipinski definition) is 7. The molecule has 4 atom stereocenters. The molecule has 0 saturated carbocycles. The Morgan fingerprint density at radius 3 is 1.91 bits per heavy atom. The molecular weight excluding hydrogens is 460 g/mol. The van der Waals surface area contributed by atoms with Crippen LogP contribution in [0, 0.1) is 11.8 Å². The number of aliphatic carboxylic acids is 2. The topological polar surface area (TPSA) is 217 Å². The molecule has 0 fully saturated rings. The highest BCUT2D eigenvalue weighted by atomic mass is 16.4. The fourth-order valence-corrected chi connectivity index (χ4v) is 3.34. The van der Waals surface area contributed by atoms with Gasteiger partial charge in [0.25, 0.3) is 0 Å². The number of hydrogen-bond donors (Lipinski definition) is 7. The smallest absolute Gasteiger partial charge is 0.326 e. The molecule has 1 aromatic heterocycles. The Balaban J connectivity index is 3.06. The normalized spacial score (nSPS) is 14.6. The van der Waals surface area contributed by atoms with E-state index in [1.54, 1.807) is 13.8 Å². The number of imidazole rings is 1. The van der Waals surface area contributed by atoms with E-state index in [9.17, 15) is 34.2 Å². The predicted octanol–water partition coefficient (Wildman–Crippen LogP) is -0.615.